The van der Waals surface area contributed by atoms with Crippen molar-refractivity contribution in [1.29, 1.82) is 0 Å². The van der Waals surface area contributed by atoms with Crippen LogP contribution < -0.4 is 4.72 Å². The Bertz CT molecular complexity index is 416. The maximum atomic E-state index is 11.7. The Kier molecular flexibility index (Phi) is 4.53. The fraction of sp³-hybridized carbons (Fsp3) is 0.700. The quantitative estimate of drug-likeness (QED) is 0.743. The standard InChI is InChI=1S/C10H18N2O4S/c1-4-9-8(10(13)16-6-3)7-12(5-2)17(14,15)11-9/h7,9,11H,4-6H2,1-3H3. The second-order valence-corrected chi connectivity index (χ2v) is 5.25. The van der Waals surface area contributed by atoms with Crippen molar-refractivity contribution in [2.45, 2.75) is 33.2 Å². The van der Waals surface area contributed by atoms with Gasteiger partial charge in [-0.2, -0.15) is 13.1 Å². The van der Waals surface area contributed by atoms with E-state index in [4.69, 9.17) is 4.74 Å². The summed E-state index contributed by atoms with van der Waals surface area (Å²) in [6, 6.07) is -0.512. The van der Waals surface area contributed by atoms with Gasteiger partial charge >= 0.3 is 16.2 Å². The lowest BCUT2D eigenvalue weighted by atomic mass is 10.1. The summed E-state index contributed by atoms with van der Waals surface area (Å²) < 4.78 is 31.9. The van der Waals surface area contributed by atoms with Crippen LogP contribution in [0.1, 0.15) is 27.2 Å². The Hall–Kier alpha value is -1.08. The molecule has 17 heavy (non-hydrogen) atoms. The molecule has 0 aromatic heterocycles. The van der Waals surface area contributed by atoms with Crippen LogP contribution in [0.5, 0.6) is 0 Å². The SMILES string of the molecule is CCOC(=O)C1=CN(CC)S(=O)(=O)NC1CC. The van der Waals surface area contributed by atoms with Crippen LogP contribution in [-0.2, 0) is 19.7 Å². The predicted molar refractivity (Wildman–Crippen MR) is 63.2 cm³/mol. The van der Waals surface area contributed by atoms with Crippen LogP contribution in [0.4, 0.5) is 0 Å². The Labute approximate surface area is 102 Å². The van der Waals surface area contributed by atoms with Crippen molar-refractivity contribution in [3.63, 3.8) is 0 Å². The molecule has 1 heterocycles. The van der Waals surface area contributed by atoms with Gasteiger partial charge in [0.2, 0.25) is 0 Å². The zero-order valence-corrected chi connectivity index (χ0v) is 11.1. The molecule has 0 radical (unpaired) electrons. The van der Waals surface area contributed by atoms with Gasteiger partial charge in [0.15, 0.2) is 0 Å². The van der Waals surface area contributed by atoms with Crippen molar-refractivity contribution in [3.05, 3.63) is 11.8 Å². The number of carbonyl (C=O) groups is 1. The molecule has 0 spiro atoms. The highest BCUT2D eigenvalue weighted by Gasteiger charge is 2.33. The lowest BCUT2D eigenvalue weighted by Gasteiger charge is -2.30. The fourth-order valence-electron chi connectivity index (χ4n) is 1.60. The number of hydrogen-bond donors (Lipinski definition) is 1. The zero-order chi connectivity index (χ0) is 13.1. The topological polar surface area (TPSA) is 75.7 Å². The maximum absolute atomic E-state index is 11.7. The molecule has 0 amide bonds. The maximum Gasteiger partial charge on any atom is 0.337 e. The van der Waals surface area contributed by atoms with Gasteiger partial charge in [0.05, 0.1) is 18.2 Å². The molecule has 1 N–H and O–H groups in total. The highest BCUT2D eigenvalue weighted by atomic mass is 32.2. The molecule has 98 valence electrons. The van der Waals surface area contributed by atoms with Gasteiger partial charge in [-0.05, 0) is 20.3 Å². The number of esters is 1. The zero-order valence-electron chi connectivity index (χ0n) is 10.3. The first kappa shape index (κ1) is 14.0. The van der Waals surface area contributed by atoms with Crippen LogP contribution in [0.3, 0.4) is 0 Å². The van der Waals surface area contributed by atoms with Crippen LogP contribution in [-0.4, -0.2) is 37.9 Å². The van der Waals surface area contributed by atoms with E-state index in [-0.39, 0.29) is 13.2 Å². The largest absolute Gasteiger partial charge is 0.463 e. The Morgan fingerprint density at radius 3 is 2.59 bits per heavy atom. The number of nitrogens with one attached hydrogen (secondary N) is 1. The van der Waals surface area contributed by atoms with Crippen molar-refractivity contribution in [1.82, 2.24) is 9.03 Å². The van der Waals surface area contributed by atoms with Gasteiger partial charge in [0, 0.05) is 12.7 Å². The van der Waals surface area contributed by atoms with Crippen molar-refractivity contribution in [2.24, 2.45) is 0 Å². The third kappa shape index (κ3) is 2.98. The van der Waals surface area contributed by atoms with Crippen LogP contribution >= 0.6 is 0 Å². The second kappa shape index (κ2) is 5.50. The average Bonchev–Trinajstić information content (AvgIpc) is 2.27. The third-order valence-corrected chi connectivity index (χ3v) is 4.05. The van der Waals surface area contributed by atoms with Crippen LogP contribution in [0, 0.1) is 0 Å². The average molecular weight is 262 g/mol. The molecule has 1 atom stereocenters. The monoisotopic (exact) mass is 262 g/mol. The summed E-state index contributed by atoms with van der Waals surface area (Å²) in [5.41, 5.74) is 0.353. The summed E-state index contributed by atoms with van der Waals surface area (Å²) in [6.07, 6.45) is 1.86. The molecule has 1 aliphatic heterocycles. The molecule has 0 aromatic carbocycles. The molecule has 7 heteroatoms. The summed E-state index contributed by atoms with van der Waals surface area (Å²) in [4.78, 5) is 11.7. The van der Waals surface area contributed by atoms with E-state index in [0.29, 0.717) is 12.0 Å². The van der Waals surface area contributed by atoms with Crippen LogP contribution in [0.25, 0.3) is 0 Å². The second-order valence-electron chi connectivity index (χ2n) is 3.59. The van der Waals surface area contributed by atoms with Crippen molar-refractivity contribution in [2.75, 3.05) is 13.2 Å². The molecule has 6 nitrogen and oxygen atoms in total. The molecule has 0 aliphatic carbocycles. The van der Waals surface area contributed by atoms with E-state index in [1.807, 2.05) is 6.92 Å². The molecule has 0 fully saturated rings. The first-order chi connectivity index (χ1) is 7.96. The number of ether oxygens (including phenoxy) is 1. The molecule has 0 aromatic rings. The van der Waals surface area contributed by atoms with E-state index in [1.54, 1.807) is 13.8 Å². The smallest absolute Gasteiger partial charge is 0.337 e. The van der Waals surface area contributed by atoms with Crippen molar-refractivity contribution >= 4 is 16.2 Å². The Morgan fingerprint density at radius 1 is 1.47 bits per heavy atom. The van der Waals surface area contributed by atoms with Gasteiger partial charge in [-0.25, -0.2) is 4.79 Å². The van der Waals surface area contributed by atoms with Gasteiger partial charge in [-0.1, -0.05) is 6.92 Å². The number of carbonyl (C=O) groups excluding carboxylic acids is 1. The van der Waals surface area contributed by atoms with E-state index in [0.717, 1.165) is 4.31 Å². The first-order valence-electron chi connectivity index (χ1n) is 5.64. The molecule has 1 aliphatic rings. The van der Waals surface area contributed by atoms with Gasteiger partial charge in [-0.3, -0.25) is 4.31 Å². The molecule has 0 saturated heterocycles. The summed E-state index contributed by atoms with van der Waals surface area (Å²) in [5, 5.41) is 0. The van der Waals surface area contributed by atoms with Crippen LogP contribution in [0.15, 0.2) is 11.8 Å². The third-order valence-electron chi connectivity index (χ3n) is 2.49. The summed E-state index contributed by atoms with van der Waals surface area (Å²) in [7, 11) is -3.52. The number of rotatable bonds is 4. The minimum absolute atomic E-state index is 0.269. The molecule has 0 saturated carbocycles. The van der Waals surface area contributed by atoms with Crippen LogP contribution in [0.2, 0.25) is 0 Å². The van der Waals surface area contributed by atoms with Gasteiger partial charge in [0.25, 0.3) is 0 Å². The van der Waals surface area contributed by atoms with Gasteiger partial charge in [-0.15, -0.1) is 0 Å². The van der Waals surface area contributed by atoms with Gasteiger partial charge in [0.1, 0.15) is 0 Å². The first-order valence-corrected chi connectivity index (χ1v) is 7.08. The molecule has 1 rings (SSSR count). The van der Waals surface area contributed by atoms with E-state index in [2.05, 4.69) is 4.72 Å². The summed E-state index contributed by atoms with van der Waals surface area (Å²) in [5.74, 6) is -0.472. The summed E-state index contributed by atoms with van der Waals surface area (Å²) in [6.45, 7) is 5.76. The Morgan fingerprint density at radius 2 is 2.12 bits per heavy atom. The molecular formula is C10H18N2O4S. The molecule has 0 bridgehead atoms. The van der Waals surface area contributed by atoms with E-state index in [9.17, 15) is 13.2 Å². The highest BCUT2D eigenvalue weighted by Crippen LogP contribution is 2.18. The van der Waals surface area contributed by atoms with E-state index >= 15 is 0 Å². The number of nitrogens with zero attached hydrogens (tertiary/aromatic N) is 1. The van der Waals surface area contributed by atoms with Crippen molar-refractivity contribution < 1.29 is 17.9 Å². The van der Waals surface area contributed by atoms with Crippen molar-refractivity contribution in [3.8, 4) is 0 Å². The van der Waals surface area contributed by atoms with E-state index in [1.165, 1.54) is 6.20 Å². The minimum Gasteiger partial charge on any atom is -0.463 e. The van der Waals surface area contributed by atoms with Gasteiger partial charge < -0.3 is 4.74 Å². The molecular weight excluding hydrogens is 244 g/mol. The molecule has 1 unspecified atom stereocenters. The predicted octanol–water partition coefficient (Wildman–Crippen LogP) is 0.382. The lowest BCUT2D eigenvalue weighted by Crippen LogP contribution is -2.49. The highest BCUT2D eigenvalue weighted by molar-refractivity contribution is 7.87. The minimum atomic E-state index is -3.52. The Balaban J connectivity index is 3.07. The fourth-order valence-corrected chi connectivity index (χ4v) is 2.98. The lowest BCUT2D eigenvalue weighted by molar-refractivity contribution is -0.139. The van der Waals surface area contributed by atoms with E-state index < -0.39 is 22.2 Å². The summed E-state index contributed by atoms with van der Waals surface area (Å²) >= 11 is 0. The number of hydrogen-bond acceptors (Lipinski definition) is 4. The normalized spacial score (nSPS) is 23.1.